The van der Waals surface area contributed by atoms with E-state index in [-0.39, 0.29) is 12.0 Å². The van der Waals surface area contributed by atoms with Crippen LogP contribution in [-0.2, 0) is 9.53 Å². The fourth-order valence-electron chi connectivity index (χ4n) is 3.60. The van der Waals surface area contributed by atoms with Gasteiger partial charge in [0.2, 0.25) is 0 Å². The number of piperidine rings is 1. The highest BCUT2D eigenvalue weighted by Gasteiger charge is 2.33. The minimum Gasteiger partial charge on any atom is -0.466 e. The fourth-order valence-corrected chi connectivity index (χ4v) is 3.60. The van der Waals surface area contributed by atoms with E-state index in [9.17, 15) is 4.79 Å². The molecule has 0 radical (unpaired) electrons. The second-order valence-corrected chi connectivity index (χ2v) is 6.59. The molecule has 116 valence electrons. The summed E-state index contributed by atoms with van der Waals surface area (Å²) in [7, 11) is 0. The molecular formula is C16H30N2O2. The zero-order valence-corrected chi connectivity index (χ0v) is 13.0. The lowest BCUT2D eigenvalue weighted by Crippen LogP contribution is -2.53. The highest BCUT2D eigenvalue weighted by Crippen LogP contribution is 2.34. The van der Waals surface area contributed by atoms with Crippen LogP contribution in [0.3, 0.4) is 0 Å². The Balaban J connectivity index is 1.79. The van der Waals surface area contributed by atoms with Crippen LogP contribution in [0.15, 0.2) is 0 Å². The Morgan fingerprint density at radius 2 is 2.15 bits per heavy atom. The Bertz CT molecular complexity index is 318. The highest BCUT2D eigenvalue weighted by atomic mass is 16.5. The van der Waals surface area contributed by atoms with Gasteiger partial charge in [0.15, 0.2) is 0 Å². The van der Waals surface area contributed by atoms with E-state index in [0.29, 0.717) is 25.0 Å². The molecule has 2 aliphatic rings. The van der Waals surface area contributed by atoms with Crippen LogP contribution in [0.5, 0.6) is 0 Å². The molecule has 3 unspecified atom stereocenters. The number of carbonyl (C=O) groups excluding carboxylic acids is 1. The molecule has 0 amide bonds. The quantitative estimate of drug-likeness (QED) is 0.759. The van der Waals surface area contributed by atoms with Crippen LogP contribution >= 0.6 is 0 Å². The van der Waals surface area contributed by atoms with Crippen LogP contribution in [0.4, 0.5) is 0 Å². The van der Waals surface area contributed by atoms with Crippen molar-refractivity contribution in [2.24, 2.45) is 17.6 Å². The molecule has 0 aromatic carbocycles. The molecule has 0 bridgehead atoms. The average Bonchev–Trinajstić information content (AvgIpc) is 2.34. The molecule has 1 saturated heterocycles. The van der Waals surface area contributed by atoms with Gasteiger partial charge in [-0.1, -0.05) is 6.42 Å². The van der Waals surface area contributed by atoms with Crippen molar-refractivity contribution in [2.45, 2.75) is 64.5 Å². The normalized spacial score (nSPS) is 29.8. The Hall–Kier alpha value is -0.610. The molecule has 3 atom stereocenters. The first kappa shape index (κ1) is 15.8. The first-order valence-electron chi connectivity index (χ1n) is 8.25. The van der Waals surface area contributed by atoms with E-state index in [1.54, 1.807) is 0 Å². The number of likely N-dealkylation sites (tertiary alicyclic amines) is 1. The van der Waals surface area contributed by atoms with Gasteiger partial charge in [-0.2, -0.15) is 0 Å². The number of nitrogens with two attached hydrogens (primary N) is 1. The van der Waals surface area contributed by atoms with Crippen molar-refractivity contribution in [1.82, 2.24) is 4.90 Å². The second-order valence-electron chi connectivity index (χ2n) is 6.59. The van der Waals surface area contributed by atoms with Gasteiger partial charge < -0.3 is 10.5 Å². The van der Waals surface area contributed by atoms with Gasteiger partial charge in [-0.15, -0.1) is 0 Å². The maximum Gasteiger partial charge on any atom is 0.305 e. The van der Waals surface area contributed by atoms with Crippen molar-refractivity contribution >= 4 is 5.97 Å². The second kappa shape index (κ2) is 7.41. The van der Waals surface area contributed by atoms with E-state index in [2.05, 4.69) is 11.8 Å². The van der Waals surface area contributed by atoms with Crippen molar-refractivity contribution in [3.05, 3.63) is 0 Å². The molecule has 1 aliphatic carbocycles. The Labute approximate surface area is 123 Å². The van der Waals surface area contributed by atoms with Crippen molar-refractivity contribution in [3.63, 3.8) is 0 Å². The molecule has 0 aromatic rings. The largest absolute Gasteiger partial charge is 0.466 e. The van der Waals surface area contributed by atoms with Crippen LogP contribution in [0.2, 0.25) is 0 Å². The monoisotopic (exact) mass is 282 g/mol. The number of ether oxygens (including phenoxy) is 1. The number of hydrogen-bond donors (Lipinski definition) is 1. The summed E-state index contributed by atoms with van der Waals surface area (Å²) < 4.78 is 5.02. The van der Waals surface area contributed by atoms with E-state index in [4.69, 9.17) is 10.5 Å². The minimum absolute atomic E-state index is 0.0646. The fraction of sp³-hybridized carbons (Fsp3) is 0.938. The van der Waals surface area contributed by atoms with Crippen molar-refractivity contribution in [2.75, 3.05) is 19.7 Å². The van der Waals surface area contributed by atoms with E-state index >= 15 is 0 Å². The van der Waals surface area contributed by atoms with Crippen LogP contribution in [-0.4, -0.2) is 42.6 Å². The topological polar surface area (TPSA) is 55.6 Å². The smallest absolute Gasteiger partial charge is 0.305 e. The summed E-state index contributed by atoms with van der Waals surface area (Å²) >= 11 is 0. The molecule has 20 heavy (non-hydrogen) atoms. The molecule has 2 N–H and O–H groups in total. The minimum atomic E-state index is -0.0646. The third-order valence-corrected chi connectivity index (χ3v) is 5.07. The Morgan fingerprint density at radius 1 is 1.40 bits per heavy atom. The standard InChI is InChI=1S/C16H30N2O2/c1-3-20-16(19)8-7-13-9-15(17)11-18(10-13)12(2)14-5-4-6-14/h12-15H,3-11,17H2,1-2H3. The van der Waals surface area contributed by atoms with Gasteiger partial charge in [0, 0.05) is 31.6 Å². The summed E-state index contributed by atoms with van der Waals surface area (Å²) in [5, 5.41) is 0. The van der Waals surface area contributed by atoms with Gasteiger partial charge in [-0.25, -0.2) is 0 Å². The molecule has 4 nitrogen and oxygen atoms in total. The highest BCUT2D eigenvalue weighted by molar-refractivity contribution is 5.69. The maximum absolute atomic E-state index is 11.5. The molecule has 2 fully saturated rings. The van der Waals surface area contributed by atoms with Gasteiger partial charge in [0.1, 0.15) is 0 Å². The molecular weight excluding hydrogens is 252 g/mol. The summed E-state index contributed by atoms with van der Waals surface area (Å²) in [5.74, 6) is 1.35. The lowest BCUT2D eigenvalue weighted by molar-refractivity contribution is -0.143. The number of hydrogen-bond acceptors (Lipinski definition) is 4. The molecule has 1 heterocycles. The zero-order chi connectivity index (χ0) is 14.5. The SMILES string of the molecule is CCOC(=O)CCC1CC(N)CN(C(C)C2CCC2)C1. The molecule has 2 rings (SSSR count). The number of carbonyl (C=O) groups is 1. The number of nitrogens with zero attached hydrogens (tertiary/aromatic N) is 1. The maximum atomic E-state index is 11.5. The van der Waals surface area contributed by atoms with E-state index in [1.165, 1.54) is 19.3 Å². The van der Waals surface area contributed by atoms with Gasteiger partial charge >= 0.3 is 5.97 Å². The van der Waals surface area contributed by atoms with E-state index in [1.807, 2.05) is 6.92 Å². The Morgan fingerprint density at radius 3 is 2.75 bits per heavy atom. The summed E-state index contributed by atoms with van der Waals surface area (Å²) in [4.78, 5) is 14.0. The lowest BCUT2D eigenvalue weighted by Gasteiger charge is -2.44. The van der Waals surface area contributed by atoms with Crippen molar-refractivity contribution in [3.8, 4) is 0 Å². The molecule has 1 saturated carbocycles. The first-order chi connectivity index (χ1) is 9.60. The van der Waals surface area contributed by atoms with Crippen molar-refractivity contribution < 1.29 is 9.53 Å². The predicted octanol–water partition coefficient (Wildman–Crippen LogP) is 2.17. The Kier molecular flexibility index (Phi) is 5.85. The molecule has 0 aromatic heterocycles. The third-order valence-electron chi connectivity index (χ3n) is 5.07. The van der Waals surface area contributed by atoms with Crippen LogP contribution in [0, 0.1) is 11.8 Å². The number of rotatable bonds is 6. The van der Waals surface area contributed by atoms with E-state index < -0.39 is 0 Å². The van der Waals surface area contributed by atoms with Crippen molar-refractivity contribution in [1.29, 1.82) is 0 Å². The van der Waals surface area contributed by atoms with E-state index in [0.717, 1.165) is 31.8 Å². The third kappa shape index (κ3) is 4.19. The number of esters is 1. The summed E-state index contributed by atoms with van der Waals surface area (Å²) in [6, 6.07) is 0.915. The molecule has 4 heteroatoms. The van der Waals surface area contributed by atoms with Crippen LogP contribution in [0.1, 0.15) is 52.4 Å². The molecule has 0 spiro atoms. The van der Waals surface area contributed by atoms with Gasteiger partial charge in [-0.3, -0.25) is 9.69 Å². The predicted molar refractivity (Wildman–Crippen MR) is 80.3 cm³/mol. The van der Waals surface area contributed by atoms with Gasteiger partial charge in [0.25, 0.3) is 0 Å². The van der Waals surface area contributed by atoms with Crippen LogP contribution < -0.4 is 5.73 Å². The van der Waals surface area contributed by atoms with Gasteiger partial charge in [-0.05, 0) is 51.4 Å². The first-order valence-corrected chi connectivity index (χ1v) is 8.25. The van der Waals surface area contributed by atoms with Gasteiger partial charge in [0.05, 0.1) is 6.61 Å². The molecule has 1 aliphatic heterocycles. The lowest BCUT2D eigenvalue weighted by atomic mass is 9.78. The summed E-state index contributed by atoms with van der Waals surface area (Å²) in [6.07, 6.45) is 6.65. The average molecular weight is 282 g/mol. The van der Waals surface area contributed by atoms with Crippen LogP contribution in [0.25, 0.3) is 0 Å². The summed E-state index contributed by atoms with van der Waals surface area (Å²) in [6.45, 7) is 6.81. The zero-order valence-electron chi connectivity index (χ0n) is 13.0. The summed E-state index contributed by atoms with van der Waals surface area (Å²) in [5.41, 5.74) is 6.22.